The molecular formula is C20H24BrNO5S2. The van der Waals surface area contributed by atoms with Crippen molar-refractivity contribution in [3.05, 3.63) is 27.1 Å². The van der Waals surface area contributed by atoms with Gasteiger partial charge in [-0.1, -0.05) is 30.4 Å². The molecule has 2 rings (SSSR count). The molecule has 1 aromatic rings. The van der Waals surface area contributed by atoms with E-state index in [0.717, 1.165) is 29.3 Å². The lowest BCUT2D eigenvalue weighted by molar-refractivity contribution is -0.143. The number of benzene rings is 1. The summed E-state index contributed by atoms with van der Waals surface area (Å²) in [5.74, 6) is 0.892. The minimum atomic E-state index is -0.179. The van der Waals surface area contributed by atoms with E-state index in [4.69, 9.17) is 26.4 Å². The molecule has 0 atom stereocenters. The zero-order chi connectivity index (χ0) is 21.4. The van der Waals surface area contributed by atoms with Crippen LogP contribution in [0.25, 0.3) is 6.08 Å². The van der Waals surface area contributed by atoms with E-state index in [1.165, 1.54) is 11.8 Å². The van der Waals surface area contributed by atoms with E-state index in [1.54, 1.807) is 32.1 Å². The molecule has 1 amide bonds. The Labute approximate surface area is 189 Å². The highest BCUT2D eigenvalue weighted by molar-refractivity contribution is 9.10. The number of amides is 1. The Morgan fingerprint density at radius 1 is 1.24 bits per heavy atom. The van der Waals surface area contributed by atoms with Crippen LogP contribution in [-0.2, 0) is 14.3 Å². The number of halogens is 1. The van der Waals surface area contributed by atoms with Gasteiger partial charge in [0.15, 0.2) is 11.5 Å². The first-order chi connectivity index (χ1) is 13.9. The van der Waals surface area contributed by atoms with E-state index >= 15 is 0 Å². The monoisotopic (exact) mass is 501 g/mol. The third kappa shape index (κ3) is 6.45. The van der Waals surface area contributed by atoms with Crippen LogP contribution >= 0.6 is 39.9 Å². The van der Waals surface area contributed by atoms with Crippen molar-refractivity contribution in [1.29, 1.82) is 0 Å². The smallest absolute Gasteiger partial charge is 0.305 e. The topological polar surface area (TPSA) is 65.1 Å². The molecule has 29 heavy (non-hydrogen) atoms. The number of nitrogens with zero attached hydrogens (tertiary/aromatic N) is 1. The van der Waals surface area contributed by atoms with Gasteiger partial charge in [0.2, 0.25) is 0 Å². The number of methoxy groups -OCH3 is 2. The van der Waals surface area contributed by atoms with Crippen molar-refractivity contribution < 1.29 is 23.8 Å². The van der Waals surface area contributed by atoms with Crippen molar-refractivity contribution in [2.75, 3.05) is 27.4 Å². The molecule has 0 aromatic heterocycles. The maximum atomic E-state index is 12.7. The van der Waals surface area contributed by atoms with Gasteiger partial charge in [0.1, 0.15) is 4.32 Å². The number of thioether (sulfide) groups is 1. The second-order valence-electron chi connectivity index (χ2n) is 6.19. The first-order valence-electron chi connectivity index (χ1n) is 9.23. The highest BCUT2D eigenvalue weighted by Crippen LogP contribution is 2.38. The Kier molecular flexibility index (Phi) is 9.45. The first kappa shape index (κ1) is 23.7. The van der Waals surface area contributed by atoms with Crippen LogP contribution in [0.15, 0.2) is 21.5 Å². The second kappa shape index (κ2) is 11.6. The number of rotatable bonds is 10. The van der Waals surface area contributed by atoms with Crippen molar-refractivity contribution in [2.24, 2.45) is 0 Å². The predicted octanol–water partition coefficient (Wildman–Crippen LogP) is 4.79. The van der Waals surface area contributed by atoms with E-state index in [1.807, 2.05) is 12.1 Å². The summed E-state index contributed by atoms with van der Waals surface area (Å²) in [6, 6.07) is 3.68. The van der Waals surface area contributed by atoms with Gasteiger partial charge in [-0.2, -0.15) is 0 Å². The van der Waals surface area contributed by atoms with Crippen LogP contribution in [0.2, 0.25) is 0 Å². The fourth-order valence-electron chi connectivity index (χ4n) is 2.81. The SMILES string of the molecule is CCOC(=O)CCCCCN1C(=O)/C(=C/c2cc(Br)c(OC)c(OC)c2)SC1=S. The molecule has 158 valence electrons. The molecule has 1 heterocycles. The maximum absolute atomic E-state index is 12.7. The van der Waals surface area contributed by atoms with Crippen molar-refractivity contribution in [2.45, 2.75) is 32.6 Å². The molecule has 1 aromatic carbocycles. The standard InChI is InChI=1S/C20H24BrNO5S2/c1-4-27-17(23)8-6-5-7-9-22-19(24)16(29-20(22)28)12-13-10-14(21)18(26-3)15(11-13)25-2/h10-12H,4-9H2,1-3H3/b16-12-. The highest BCUT2D eigenvalue weighted by atomic mass is 79.9. The zero-order valence-electron chi connectivity index (χ0n) is 16.7. The normalized spacial score (nSPS) is 15.2. The van der Waals surface area contributed by atoms with Crippen LogP contribution in [0.5, 0.6) is 11.5 Å². The third-order valence-electron chi connectivity index (χ3n) is 4.20. The van der Waals surface area contributed by atoms with E-state index in [-0.39, 0.29) is 11.9 Å². The molecule has 1 saturated heterocycles. The average molecular weight is 502 g/mol. The summed E-state index contributed by atoms with van der Waals surface area (Å²) in [4.78, 5) is 26.3. The number of unbranched alkanes of at least 4 members (excludes halogenated alkanes) is 2. The molecule has 1 aliphatic heterocycles. The van der Waals surface area contributed by atoms with Crippen LogP contribution < -0.4 is 9.47 Å². The minimum absolute atomic E-state index is 0.101. The van der Waals surface area contributed by atoms with Gasteiger partial charge in [0.05, 0.1) is 30.2 Å². The maximum Gasteiger partial charge on any atom is 0.305 e. The summed E-state index contributed by atoms with van der Waals surface area (Å²) in [5.41, 5.74) is 0.810. The number of thiocarbonyl (C=S) groups is 1. The Morgan fingerprint density at radius 3 is 2.66 bits per heavy atom. The number of hydrogen-bond donors (Lipinski definition) is 0. The minimum Gasteiger partial charge on any atom is -0.493 e. The summed E-state index contributed by atoms with van der Waals surface area (Å²) in [6.45, 7) is 2.74. The van der Waals surface area contributed by atoms with Gasteiger partial charge in [-0.15, -0.1) is 0 Å². The van der Waals surface area contributed by atoms with Crippen LogP contribution in [0, 0.1) is 0 Å². The summed E-state index contributed by atoms with van der Waals surface area (Å²) < 4.78 is 16.9. The number of esters is 1. The Balaban J connectivity index is 1.98. The number of hydrogen-bond acceptors (Lipinski definition) is 7. The van der Waals surface area contributed by atoms with E-state index < -0.39 is 0 Å². The average Bonchev–Trinajstić information content (AvgIpc) is 2.94. The molecule has 0 radical (unpaired) electrons. The van der Waals surface area contributed by atoms with Crippen molar-refractivity contribution in [3.63, 3.8) is 0 Å². The molecule has 9 heteroatoms. The molecule has 0 N–H and O–H groups in total. The fourth-order valence-corrected chi connectivity index (χ4v) is 4.74. The fraction of sp³-hybridized carbons (Fsp3) is 0.450. The van der Waals surface area contributed by atoms with Gasteiger partial charge < -0.3 is 14.2 Å². The summed E-state index contributed by atoms with van der Waals surface area (Å²) >= 11 is 10.1. The van der Waals surface area contributed by atoms with E-state index in [2.05, 4.69) is 15.9 Å². The van der Waals surface area contributed by atoms with Gasteiger partial charge in [-0.3, -0.25) is 14.5 Å². The lowest BCUT2D eigenvalue weighted by Crippen LogP contribution is -2.29. The van der Waals surface area contributed by atoms with Crippen LogP contribution in [0.3, 0.4) is 0 Å². The Hall–Kier alpha value is -1.58. The lowest BCUT2D eigenvalue weighted by Gasteiger charge is -2.14. The molecule has 1 aliphatic rings. The van der Waals surface area contributed by atoms with Crippen LogP contribution in [0.1, 0.15) is 38.2 Å². The third-order valence-corrected chi connectivity index (χ3v) is 6.16. The molecule has 0 bridgehead atoms. The lowest BCUT2D eigenvalue weighted by atomic mass is 10.1. The predicted molar refractivity (Wildman–Crippen MR) is 122 cm³/mol. The molecule has 1 fully saturated rings. The number of ether oxygens (including phenoxy) is 3. The zero-order valence-corrected chi connectivity index (χ0v) is 19.9. The molecule has 0 saturated carbocycles. The summed E-state index contributed by atoms with van der Waals surface area (Å²) in [5, 5.41) is 0. The van der Waals surface area contributed by atoms with Gasteiger partial charge in [-0.05, 0) is 59.5 Å². The second-order valence-corrected chi connectivity index (χ2v) is 8.72. The quantitative estimate of drug-likeness (QED) is 0.197. The van der Waals surface area contributed by atoms with Crippen LogP contribution in [-0.4, -0.2) is 48.5 Å². The first-order valence-corrected chi connectivity index (χ1v) is 11.3. The highest BCUT2D eigenvalue weighted by Gasteiger charge is 2.31. The molecular weight excluding hydrogens is 478 g/mol. The van der Waals surface area contributed by atoms with Crippen molar-refractivity contribution >= 4 is 62.2 Å². The van der Waals surface area contributed by atoms with E-state index in [9.17, 15) is 9.59 Å². The van der Waals surface area contributed by atoms with Gasteiger partial charge in [0, 0.05) is 13.0 Å². The Morgan fingerprint density at radius 2 is 2.00 bits per heavy atom. The number of carbonyl (C=O) groups is 2. The molecule has 6 nitrogen and oxygen atoms in total. The van der Waals surface area contributed by atoms with Gasteiger partial charge in [-0.25, -0.2) is 0 Å². The van der Waals surface area contributed by atoms with Crippen LogP contribution in [0.4, 0.5) is 0 Å². The Bertz CT molecular complexity index is 812. The van der Waals surface area contributed by atoms with E-state index in [0.29, 0.717) is 40.3 Å². The van der Waals surface area contributed by atoms with Crippen molar-refractivity contribution in [1.82, 2.24) is 4.90 Å². The van der Waals surface area contributed by atoms with Crippen molar-refractivity contribution in [3.8, 4) is 11.5 Å². The van der Waals surface area contributed by atoms with Gasteiger partial charge >= 0.3 is 5.97 Å². The number of carbonyl (C=O) groups excluding carboxylic acids is 2. The van der Waals surface area contributed by atoms with Gasteiger partial charge in [0.25, 0.3) is 5.91 Å². The summed E-state index contributed by atoms with van der Waals surface area (Å²) in [6.07, 6.45) is 4.55. The summed E-state index contributed by atoms with van der Waals surface area (Å²) in [7, 11) is 3.13. The largest absolute Gasteiger partial charge is 0.493 e. The molecule has 0 aliphatic carbocycles. The molecule has 0 unspecified atom stereocenters. The molecule has 0 spiro atoms.